The van der Waals surface area contributed by atoms with Crippen LogP contribution in [0, 0.1) is 13.8 Å². The number of fused-ring (bicyclic) bond motifs is 1. The lowest BCUT2D eigenvalue weighted by molar-refractivity contribution is 0.531. The second kappa shape index (κ2) is 6.25. The molecule has 0 saturated heterocycles. The molecule has 2 heteroatoms. The summed E-state index contributed by atoms with van der Waals surface area (Å²) in [5, 5.41) is 4.30. The molecule has 2 atom stereocenters. The Balaban J connectivity index is 1.89. The van der Waals surface area contributed by atoms with Gasteiger partial charge >= 0.3 is 0 Å². The Morgan fingerprint density at radius 3 is 2.52 bits per heavy atom. The van der Waals surface area contributed by atoms with Gasteiger partial charge in [-0.1, -0.05) is 54.4 Å². The Morgan fingerprint density at radius 1 is 1.14 bits per heavy atom. The van der Waals surface area contributed by atoms with Crippen molar-refractivity contribution < 1.29 is 0 Å². The van der Waals surface area contributed by atoms with E-state index in [-0.39, 0.29) is 0 Å². The van der Waals surface area contributed by atoms with Crippen molar-refractivity contribution >= 4 is 11.8 Å². The van der Waals surface area contributed by atoms with Gasteiger partial charge in [0.05, 0.1) is 0 Å². The van der Waals surface area contributed by atoms with Crippen LogP contribution in [-0.2, 0) is 6.42 Å². The van der Waals surface area contributed by atoms with E-state index in [2.05, 4.69) is 68.6 Å². The van der Waals surface area contributed by atoms with Crippen LogP contribution < -0.4 is 5.32 Å². The second-order valence-electron chi connectivity index (χ2n) is 5.92. The molecule has 0 aromatic heterocycles. The van der Waals surface area contributed by atoms with E-state index in [1.54, 1.807) is 0 Å². The van der Waals surface area contributed by atoms with Crippen LogP contribution in [0.5, 0.6) is 0 Å². The van der Waals surface area contributed by atoms with Gasteiger partial charge < -0.3 is 5.32 Å². The molecule has 0 fully saturated rings. The predicted molar refractivity (Wildman–Crippen MR) is 92.1 cm³/mol. The molecule has 2 unspecified atom stereocenters. The molecule has 0 bridgehead atoms. The van der Waals surface area contributed by atoms with E-state index >= 15 is 0 Å². The summed E-state index contributed by atoms with van der Waals surface area (Å²) in [4.78, 5) is 1.45. The van der Waals surface area contributed by atoms with Crippen molar-refractivity contribution in [3.05, 3.63) is 64.7 Å². The second-order valence-corrected chi connectivity index (χ2v) is 7.21. The van der Waals surface area contributed by atoms with E-state index in [1.165, 1.54) is 27.1 Å². The molecule has 0 spiro atoms. The molecule has 2 aromatic rings. The molecular weight excluding hydrogens is 274 g/mol. The summed E-state index contributed by atoms with van der Waals surface area (Å²) in [5.41, 5.74) is 5.64. The van der Waals surface area contributed by atoms with Crippen LogP contribution in [-0.4, -0.2) is 11.8 Å². The van der Waals surface area contributed by atoms with Crippen LogP contribution in [0.4, 0.5) is 0 Å². The minimum Gasteiger partial charge on any atom is -0.309 e. The first-order valence-electron chi connectivity index (χ1n) is 7.73. The van der Waals surface area contributed by atoms with Gasteiger partial charge in [0.15, 0.2) is 0 Å². The summed E-state index contributed by atoms with van der Waals surface area (Å²) in [6, 6.07) is 16.2. The fourth-order valence-electron chi connectivity index (χ4n) is 3.27. The molecule has 1 aliphatic rings. The van der Waals surface area contributed by atoms with E-state index < -0.39 is 0 Å². The maximum Gasteiger partial charge on any atom is 0.0447 e. The van der Waals surface area contributed by atoms with Crippen LogP contribution in [0.1, 0.15) is 35.2 Å². The minimum absolute atomic E-state index is 0.422. The average Bonchev–Trinajstić information content (AvgIpc) is 2.87. The number of rotatable bonds is 4. The third kappa shape index (κ3) is 3.17. The summed E-state index contributed by atoms with van der Waals surface area (Å²) < 4.78 is 0. The topological polar surface area (TPSA) is 12.0 Å². The van der Waals surface area contributed by atoms with Crippen molar-refractivity contribution in [3.8, 4) is 0 Å². The van der Waals surface area contributed by atoms with Crippen LogP contribution in [0.25, 0.3) is 0 Å². The van der Waals surface area contributed by atoms with E-state index in [0.717, 1.165) is 13.0 Å². The molecule has 0 saturated carbocycles. The summed E-state index contributed by atoms with van der Waals surface area (Å²) in [6.07, 6.45) is 1.16. The highest BCUT2D eigenvalue weighted by Gasteiger charge is 2.30. The molecule has 1 nitrogen and oxygen atoms in total. The van der Waals surface area contributed by atoms with E-state index in [0.29, 0.717) is 11.3 Å². The Labute approximate surface area is 132 Å². The minimum atomic E-state index is 0.422. The lowest BCUT2D eigenvalue weighted by Crippen LogP contribution is -2.30. The number of hydrogen-bond acceptors (Lipinski definition) is 2. The number of nitrogens with one attached hydrogen (secondary N) is 1. The van der Waals surface area contributed by atoms with Crippen molar-refractivity contribution in [2.75, 3.05) is 6.54 Å². The number of thioether (sulfide) groups is 1. The summed E-state index contributed by atoms with van der Waals surface area (Å²) in [7, 11) is 0. The quantitative estimate of drug-likeness (QED) is 0.880. The van der Waals surface area contributed by atoms with Crippen LogP contribution >= 0.6 is 11.8 Å². The zero-order valence-electron chi connectivity index (χ0n) is 13.0. The number of benzene rings is 2. The van der Waals surface area contributed by atoms with Gasteiger partial charge in [-0.25, -0.2) is 0 Å². The van der Waals surface area contributed by atoms with Crippen LogP contribution in [0.3, 0.4) is 0 Å². The first-order valence-corrected chi connectivity index (χ1v) is 8.61. The molecule has 2 aromatic carbocycles. The van der Waals surface area contributed by atoms with E-state index in [9.17, 15) is 0 Å². The highest BCUT2D eigenvalue weighted by molar-refractivity contribution is 8.00. The van der Waals surface area contributed by atoms with E-state index in [1.807, 2.05) is 11.8 Å². The fraction of sp³-hybridized carbons (Fsp3) is 0.368. The van der Waals surface area contributed by atoms with Crippen molar-refractivity contribution in [2.45, 2.75) is 43.4 Å². The third-order valence-corrected chi connectivity index (χ3v) is 5.46. The lowest BCUT2D eigenvalue weighted by Gasteiger charge is -2.25. The van der Waals surface area contributed by atoms with Gasteiger partial charge in [-0.2, -0.15) is 0 Å². The number of hydrogen-bond donors (Lipinski definition) is 1. The zero-order valence-corrected chi connectivity index (χ0v) is 13.8. The predicted octanol–water partition coefficient (Wildman–Crippen LogP) is 4.67. The van der Waals surface area contributed by atoms with Crippen molar-refractivity contribution in [1.82, 2.24) is 5.32 Å². The first kappa shape index (κ1) is 14.7. The average molecular weight is 297 g/mol. The molecule has 21 heavy (non-hydrogen) atoms. The molecule has 1 heterocycles. The maximum atomic E-state index is 3.71. The third-order valence-electron chi connectivity index (χ3n) is 4.07. The fourth-order valence-corrected chi connectivity index (χ4v) is 4.71. The SMILES string of the molecule is CCNC(c1cc(C)cc(C)c1)C1Cc2ccccc2S1. The van der Waals surface area contributed by atoms with Gasteiger partial charge in [0.25, 0.3) is 0 Å². The van der Waals surface area contributed by atoms with Crippen molar-refractivity contribution in [1.29, 1.82) is 0 Å². The molecule has 3 rings (SSSR count). The van der Waals surface area contributed by atoms with Gasteiger partial charge in [-0.05, 0) is 44.0 Å². The Bertz CT molecular complexity index is 590. The molecule has 1 N–H and O–H groups in total. The van der Waals surface area contributed by atoms with Gasteiger partial charge in [0.2, 0.25) is 0 Å². The summed E-state index contributed by atoms with van der Waals surface area (Å²) >= 11 is 2.03. The molecule has 110 valence electrons. The van der Waals surface area contributed by atoms with Gasteiger partial charge in [0.1, 0.15) is 0 Å². The standard InChI is InChI=1S/C19H23NS/c1-4-20-19(16-10-13(2)9-14(3)11-16)18-12-15-7-5-6-8-17(15)21-18/h5-11,18-20H,4,12H2,1-3H3. The van der Waals surface area contributed by atoms with Crippen molar-refractivity contribution in [3.63, 3.8) is 0 Å². The highest BCUT2D eigenvalue weighted by atomic mass is 32.2. The first-order chi connectivity index (χ1) is 10.2. The largest absolute Gasteiger partial charge is 0.309 e. The van der Waals surface area contributed by atoms with Crippen LogP contribution in [0.15, 0.2) is 47.4 Å². The van der Waals surface area contributed by atoms with E-state index in [4.69, 9.17) is 0 Å². The Morgan fingerprint density at radius 2 is 1.86 bits per heavy atom. The molecular formula is C19H23NS. The molecule has 0 radical (unpaired) electrons. The summed E-state index contributed by atoms with van der Waals surface area (Å²) in [6.45, 7) is 7.58. The zero-order chi connectivity index (χ0) is 14.8. The normalized spacial score (nSPS) is 18.5. The Kier molecular flexibility index (Phi) is 4.37. The molecule has 0 aliphatic carbocycles. The Hall–Kier alpha value is -1.25. The van der Waals surface area contributed by atoms with Gasteiger partial charge in [-0.3, -0.25) is 0 Å². The maximum absolute atomic E-state index is 3.71. The molecule has 1 aliphatic heterocycles. The molecule has 0 amide bonds. The smallest absolute Gasteiger partial charge is 0.0447 e. The van der Waals surface area contributed by atoms with Crippen LogP contribution in [0.2, 0.25) is 0 Å². The van der Waals surface area contributed by atoms with Crippen molar-refractivity contribution in [2.24, 2.45) is 0 Å². The van der Waals surface area contributed by atoms with Gasteiger partial charge in [0, 0.05) is 16.2 Å². The van der Waals surface area contributed by atoms with Gasteiger partial charge in [-0.15, -0.1) is 11.8 Å². The highest BCUT2D eigenvalue weighted by Crippen LogP contribution is 2.42. The number of aryl methyl sites for hydroxylation is 2. The summed E-state index contributed by atoms with van der Waals surface area (Å²) in [5.74, 6) is 0. The lowest BCUT2D eigenvalue weighted by atomic mass is 9.96. The monoisotopic (exact) mass is 297 g/mol.